The van der Waals surface area contributed by atoms with Crippen molar-refractivity contribution >= 4 is 5.97 Å². The maximum atomic E-state index is 11.6. The number of rotatable bonds is 2. The predicted octanol–water partition coefficient (Wildman–Crippen LogP) is 1.50. The summed E-state index contributed by atoms with van der Waals surface area (Å²) < 4.78 is 4.86. The van der Waals surface area contributed by atoms with Crippen LogP contribution in [0.4, 0.5) is 0 Å². The number of methoxy groups -OCH3 is 1. The van der Waals surface area contributed by atoms with Crippen molar-refractivity contribution < 1.29 is 9.53 Å². The summed E-state index contributed by atoms with van der Waals surface area (Å²) in [4.78, 5) is 16.5. The van der Waals surface area contributed by atoms with Gasteiger partial charge in [-0.1, -0.05) is 0 Å². The molecule has 1 atom stereocenters. The third-order valence-corrected chi connectivity index (χ3v) is 4.42. The van der Waals surface area contributed by atoms with Crippen LogP contribution in [0, 0.1) is 0 Å². The third-order valence-electron chi connectivity index (χ3n) is 4.42. The SMILES string of the molecule is COC(=O)[C@@H]1CCN1C1CCN(C(C)(C)C)CC1. The Morgan fingerprint density at radius 3 is 2.11 bits per heavy atom. The van der Waals surface area contributed by atoms with Crippen LogP contribution in [0.15, 0.2) is 0 Å². The molecular formula is C14H26N2O2. The highest BCUT2D eigenvalue weighted by atomic mass is 16.5. The Labute approximate surface area is 110 Å². The third kappa shape index (κ3) is 2.69. The standard InChI is InChI=1S/C14H26N2O2/c1-14(2,3)15-8-5-11(6-9-15)16-10-7-12(16)13(17)18-4/h11-12H,5-10H2,1-4H3/t12-/m0/s1. The first kappa shape index (κ1) is 13.8. The lowest BCUT2D eigenvalue weighted by atomic mass is 9.92. The molecule has 0 amide bonds. The monoisotopic (exact) mass is 254 g/mol. The Kier molecular flexibility index (Phi) is 3.97. The van der Waals surface area contributed by atoms with Crippen molar-refractivity contribution in [2.75, 3.05) is 26.7 Å². The zero-order chi connectivity index (χ0) is 13.3. The van der Waals surface area contributed by atoms with Gasteiger partial charge in [0.2, 0.25) is 0 Å². The Morgan fingerprint density at radius 1 is 1.11 bits per heavy atom. The van der Waals surface area contributed by atoms with Gasteiger partial charge >= 0.3 is 5.97 Å². The molecule has 0 aromatic carbocycles. The molecule has 0 bridgehead atoms. The number of carbonyl (C=O) groups is 1. The van der Waals surface area contributed by atoms with Crippen LogP contribution in [-0.4, -0.2) is 60.1 Å². The van der Waals surface area contributed by atoms with E-state index in [9.17, 15) is 4.79 Å². The number of esters is 1. The van der Waals surface area contributed by atoms with Crippen molar-refractivity contribution in [1.82, 2.24) is 9.80 Å². The highest BCUT2D eigenvalue weighted by Crippen LogP contribution is 2.29. The van der Waals surface area contributed by atoms with Crippen molar-refractivity contribution in [3.8, 4) is 0 Å². The fourth-order valence-corrected chi connectivity index (χ4v) is 3.10. The van der Waals surface area contributed by atoms with Crippen LogP contribution >= 0.6 is 0 Å². The molecule has 2 heterocycles. The summed E-state index contributed by atoms with van der Waals surface area (Å²) in [6, 6.07) is 0.600. The number of likely N-dealkylation sites (tertiary alicyclic amines) is 2. The molecule has 0 saturated carbocycles. The van der Waals surface area contributed by atoms with E-state index in [0.29, 0.717) is 6.04 Å². The molecule has 2 saturated heterocycles. The highest BCUT2D eigenvalue weighted by Gasteiger charge is 2.41. The minimum atomic E-state index is -0.0560. The molecule has 0 radical (unpaired) electrons. The molecule has 0 N–H and O–H groups in total. The van der Waals surface area contributed by atoms with E-state index in [1.807, 2.05) is 0 Å². The normalized spacial score (nSPS) is 27.9. The van der Waals surface area contributed by atoms with Crippen LogP contribution in [0.3, 0.4) is 0 Å². The first-order valence-electron chi connectivity index (χ1n) is 7.02. The topological polar surface area (TPSA) is 32.8 Å². The molecule has 0 aliphatic carbocycles. The second-order valence-corrected chi connectivity index (χ2v) is 6.45. The van der Waals surface area contributed by atoms with Gasteiger partial charge in [-0.2, -0.15) is 0 Å². The quantitative estimate of drug-likeness (QED) is 0.699. The van der Waals surface area contributed by atoms with Gasteiger partial charge in [0.05, 0.1) is 7.11 Å². The summed E-state index contributed by atoms with van der Waals surface area (Å²) >= 11 is 0. The van der Waals surface area contributed by atoms with Gasteiger partial charge in [-0.25, -0.2) is 0 Å². The second-order valence-electron chi connectivity index (χ2n) is 6.45. The molecule has 2 aliphatic heterocycles. The Balaban J connectivity index is 1.85. The Hall–Kier alpha value is -0.610. The lowest BCUT2D eigenvalue weighted by molar-refractivity contribution is -0.155. The van der Waals surface area contributed by atoms with Crippen molar-refractivity contribution in [1.29, 1.82) is 0 Å². The van der Waals surface area contributed by atoms with Gasteiger partial charge in [0, 0.05) is 31.2 Å². The zero-order valence-electron chi connectivity index (χ0n) is 12.1. The smallest absolute Gasteiger partial charge is 0.323 e. The molecule has 2 rings (SSSR count). The second kappa shape index (κ2) is 5.17. The van der Waals surface area contributed by atoms with E-state index in [1.165, 1.54) is 20.0 Å². The van der Waals surface area contributed by atoms with Crippen LogP contribution in [0.5, 0.6) is 0 Å². The van der Waals surface area contributed by atoms with Crippen LogP contribution in [0.25, 0.3) is 0 Å². The minimum Gasteiger partial charge on any atom is -0.468 e. The van der Waals surface area contributed by atoms with Crippen molar-refractivity contribution in [2.45, 2.75) is 57.7 Å². The van der Waals surface area contributed by atoms with E-state index in [1.54, 1.807) is 0 Å². The molecule has 2 aliphatic rings. The summed E-state index contributed by atoms with van der Waals surface area (Å²) in [5.74, 6) is -0.0560. The molecule has 4 heteroatoms. The van der Waals surface area contributed by atoms with Crippen molar-refractivity contribution in [2.24, 2.45) is 0 Å². The van der Waals surface area contributed by atoms with Gasteiger partial charge in [-0.15, -0.1) is 0 Å². The maximum absolute atomic E-state index is 11.6. The minimum absolute atomic E-state index is 0.0289. The molecular weight excluding hydrogens is 228 g/mol. The van der Waals surface area contributed by atoms with E-state index < -0.39 is 0 Å². The van der Waals surface area contributed by atoms with Gasteiger partial charge in [0.15, 0.2) is 0 Å². The molecule has 4 nitrogen and oxygen atoms in total. The molecule has 0 aromatic heterocycles. The van der Waals surface area contributed by atoms with Crippen LogP contribution in [0.2, 0.25) is 0 Å². The molecule has 18 heavy (non-hydrogen) atoms. The Bertz CT molecular complexity index is 303. The summed E-state index contributed by atoms with van der Waals surface area (Å²) in [5, 5.41) is 0. The van der Waals surface area contributed by atoms with E-state index in [0.717, 1.165) is 26.1 Å². The lowest BCUT2D eigenvalue weighted by Gasteiger charge is -2.49. The van der Waals surface area contributed by atoms with Gasteiger partial charge in [0.25, 0.3) is 0 Å². The van der Waals surface area contributed by atoms with Gasteiger partial charge in [-0.05, 0) is 40.0 Å². The zero-order valence-corrected chi connectivity index (χ0v) is 12.1. The number of hydrogen-bond acceptors (Lipinski definition) is 4. The Morgan fingerprint density at radius 2 is 1.72 bits per heavy atom. The maximum Gasteiger partial charge on any atom is 0.323 e. The van der Waals surface area contributed by atoms with Gasteiger partial charge < -0.3 is 4.74 Å². The predicted molar refractivity (Wildman–Crippen MR) is 71.5 cm³/mol. The summed E-state index contributed by atoms with van der Waals surface area (Å²) in [6.45, 7) is 10.1. The summed E-state index contributed by atoms with van der Waals surface area (Å²) in [5.41, 5.74) is 0.266. The molecule has 2 fully saturated rings. The molecule has 0 spiro atoms. The number of ether oxygens (including phenoxy) is 1. The number of hydrogen-bond donors (Lipinski definition) is 0. The van der Waals surface area contributed by atoms with Crippen LogP contribution in [-0.2, 0) is 9.53 Å². The number of piperidine rings is 1. The average molecular weight is 254 g/mol. The van der Waals surface area contributed by atoms with E-state index in [4.69, 9.17) is 4.74 Å². The highest BCUT2D eigenvalue weighted by molar-refractivity contribution is 5.76. The van der Waals surface area contributed by atoms with E-state index in [2.05, 4.69) is 30.6 Å². The molecule has 0 aromatic rings. The number of carbonyl (C=O) groups excluding carboxylic acids is 1. The average Bonchev–Trinajstić information content (AvgIpc) is 2.27. The van der Waals surface area contributed by atoms with Crippen LogP contribution < -0.4 is 0 Å². The molecule has 0 unspecified atom stereocenters. The number of nitrogens with zero attached hydrogens (tertiary/aromatic N) is 2. The summed E-state index contributed by atoms with van der Waals surface area (Å²) in [7, 11) is 1.49. The molecule has 104 valence electrons. The van der Waals surface area contributed by atoms with Crippen molar-refractivity contribution in [3.05, 3.63) is 0 Å². The van der Waals surface area contributed by atoms with Gasteiger partial charge in [0.1, 0.15) is 6.04 Å². The van der Waals surface area contributed by atoms with Gasteiger partial charge in [-0.3, -0.25) is 14.6 Å². The van der Waals surface area contributed by atoms with E-state index in [-0.39, 0.29) is 17.6 Å². The van der Waals surface area contributed by atoms with Crippen LogP contribution in [0.1, 0.15) is 40.0 Å². The summed E-state index contributed by atoms with van der Waals surface area (Å²) in [6.07, 6.45) is 3.31. The van der Waals surface area contributed by atoms with E-state index >= 15 is 0 Å². The fraction of sp³-hybridized carbons (Fsp3) is 0.929. The first-order chi connectivity index (χ1) is 8.43. The lowest BCUT2D eigenvalue weighted by Crippen LogP contribution is -2.60. The fourth-order valence-electron chi connectivity index (χ4n) is 3.10. The van der Waals surface area contributed by atoms with Crippen molar-refractivity contribution in [3.63, 3.8) is 0 Å². The largest absolute Gasteiger partial charge is 0.468 e. The first-order valence-corrected chi connectivity index (χ1v) is 7.02.